The minimum atomic E-state index is -0.387. The van der Waals surface area contributed by atoms with Gasteiger partial charge in [-0.1, -0.05) is 48.8 Å². The Bertz CT molecular complexity index is 1260. The average molecular weight is 660 g/mol. The standard InChI is InChI=1S/C25H28Cl2IN5O2S/c1-13(2)8-20(29-24(35)18-7-6-16(26)11-19(18)27)23-31-32-25(33(23)5)36-12-21(34)30-22-14(3)9-17(28)10-15(22)4/h6-7,9-11,13,20H,8,12H2,1-5H3,(H,29,35)(H,30,34)/t20-/m1/s1. The number of anilines is 1. The Hall–Kier alpha value is -1.82. The maximum absolute atomic E-state index is 13.0. The van der Waals surface area contributed by atoms with E-state index in [0.717, 1.165) is 20.4 Å². The van der Waals surface area contributed by atoms with Crippen LogP contribution in [0.4, 0.5) is 5.69 Å². The molecule has 0 fully saturated rings. The van der Waals surface area contributed by atoms with Crippen LogP contribution < -0.4 is 10.6 Å². The molecule has 2 amide bonds. The molecule has 0 bridgehead atoms. The number of carbonyl (C=O) groups is 2. The third-order valence-electron chi connectivity index (χ3n) is 5.46. The summed E-state index contributed by atoms with van der Waals surface area (Å²) in [5.74, 6) is 0.631. The minimum Gasteiger partial charge on any atom is -0.342 e. The zero-order chi connectivity index (χ0) is 26.6. The van der Waals surface area contributed by atoms with Gasteiger partial charge in [-0.25, -0.2) is 0 Å². The number of hydrogen-bond donors (Lipinski definition) is 2. The molecular weight excluding hydrogens is 632 g/mol. The van der Waals surface area contributed by atoms with Gasteiger partial charge in [0, 0.05) is 21.3 Å². The molecule has 7 nitrogen and oxygen atoms in total. The number of rotatable bonds is 9. The third kappa shape index (κ3) is 7.36. The molecule has 1 atom stereocenters. The highest BCUT2D eigenvalue weighted by atomic mass is 127. The lowest BCUT2D eigenvalue weighted by atomic mass is 10.0. The van der Waals surface area contributed by atoms with Crippen LogP contribution in [0.3, 0.4) is 0 Å². The molecule has 0 aliphatic carbocycles. The predicted molar refractivity (Wildman–Crippen MR) is 155 cm³/mol. The van der Waals surface area contributed by atoms with Gasteiger partial charge in [-0.2, -0.15) is 0 Å². The highest BCUT2D eigenvalue weighted by Crippen LogP contribution is 2.27. The lowest BCUT2D eigenvalue weighted by molar-refractivity contribution is -0.113. The Morgan fingerprint density at radius 1 is 1.11 bits per heavy atom. The SMILES string of the molecule is Cc1cc(I)cc(C)c1NC(=O)CSc1nnc([C@@H](CC(C)C)NC(=O)c2ccc(Cl)cc2Cl)n1C. The van der Waals surface area contributed by atoms with Crippen LogP contribution in [0.1, 0.15) is 53.6 Å². The fourth-order valence-electron chi connectivity index (χ4n) is 3.78. The van der Waals surface area contributed by atoms with E-state index < -0.39 is 0 Å². The molecule has 3 aromatic rings. The molecule has 2 N–H and O–H groups in total. The van der Waals surface area contributed by atoms with Crippen molar-refractivity contribution >= 4 is 75.1 Å². The van der Waals surface area contributed by atoms with Gasteiger partial charge in [0.1, 0.15) is 0 Å². The Labute approximate surface area is 239 Å². The first-order chi connectivity index (χ1) is 17.0. The van der Waals surface area contributed by atoms with Crippen molar-refractivity contribution in [1.82, 2.24) is 20.1 Å². The van der Waals surface area contributed by atoms with Crippen LogP contribution in [0, 0.1) is 23.3 Å². The number of nitrogens with zero attached hydrogens (tertiary/aromatic N) is 3. The van der Waals surface area contributed by atoms with Crippen molar-refractivity contribution < 1.29 is 9.59 Å². The van der Waals surface area contributed by atoms with Crippen LogP contribution in [0.25, 0.3) is 0 Å². The molecule has 0 aliphatic rings. The largest absolute Gasteiger partial charge is 0.342 e. The van der Waals surface area contributed by atoms with Gasteiger partial charge in [-0.3, -0.25) is 9.59 Å². The van der Waals surface area contributed by atoms with Crippen molar-refractivity contribution in [3.63, 3.8) is 0 Å². The highest BCUT2D eigenvalue weighted by molar-refractivity contribution is 14.1. The molecule has 0 saturated heterocycles. The number of hydrogen-bond acceptors (Lipinski definition) is 5. The van der Waals surface area contributed by atoms with Gasteiger partial charge < -0.3 is 15.2 Å². The molecule has 192 valence electrons. The number of aromatic nitrogens is 3. The number of thioether (sulfide) groups is 1. The second kappa shape index (κ2) is 12.6. The van der Waals surface area contributed by atoms with Gasteiger partial charge in [0.2, 0.25) is 5.91 Å². The Kier molecular flexibility index (Phi) is 10.1. The van der Waals surface area contributed by atoms with Crippen LogP contribution in [0.5, 0.6) is 0 Å². The van der Waals surface area contributed by atoms with Gasteiger partial charge in [0.25, 0.3) is 5.91 Å². The van der Waals surface area contributed by atoms with Gasteiger partial charge in [0.15, 0.2) is 11.0 Å². The molecule has 0 aliphatic heterocycles. The summed E-state index contributed by atoms with van der Waals surface area (Å²) < 4.78 is 2.94. The average Bonchev–Trinajstić information content (AvgIpc) is 3.14. The van der Waals surface area contributed by atoms with Gasteiger partial charge in [-0.05, 0) is 90.2 Å². The van der Waals surface area contributed by atoms with Crippen LogP contribution in [0.2, 0.25) is 10.0 Å². The third-order valence-corrected chi connectivity index (χ3v) is 7.65. The van der Waals surface area contributed by atoms with Gasteiger partial charge in [0.05, 0.1) is 22.4 Å². The van der Waals surface area contributed by atoms with E-state index in [2.05, 4.69) is 57.3 Å². The predicted octanol–water partition coefficient (Wildman–Crippen LogP) is 6.59. The molecular formula is C25H28Cl2IN5O2S. The minimum absolute atomic E-state index is 0.124. The van der Waals surface area contributed by atoms with Crippen molar-refractivity contribution in [2.45, 2.75) is 45.3 Å². The highest BCUT2D eigenvalue weighted by Gasteiger charge is 2.24. The molecule has 0 unspecified atom stereocenters. The van der Waals surface area contributed by atoms with Crippen molar-refractivity contribution in [2.75, 3.05) is 11.1 Å². The second-order valence-corrected chi connectivity index (χ2v) is 12.0. The van der Waals surface area contributed by atoms with E-state index >= 15 is 0 Å². The second-order valence-electron chi connectivity index (χ2n) is 8.93. The molecule has 36 heavy (non-hydrogen) atoms. The molecule has 0 spiro atoms. The molecule has 2 aromatic carbocycles. The molecule has 0 saturated carbocycles. The molecule has 1 aromatic heterocycles. The summed E-state index contributed by atoms with van der Waals surface area (Å²) in [4.78, 5) is 25.6. The fourth-order valence-corrected chi connectivity index (χ4v) is 5.93. The number of amides is 2. The normalized spacial score (nSPS) is 12.0. The number of benzene rings is 2. The zero-order valence-electron chi connectivity index (χ0n) is 20.7. The maximum atomic E-state index is 13.0. The van der Waals surface area contributed by atoms with Crippen molar-refractivity contribution in [3.8, 4) is 0 Å². The van der Waals surface area contributed by atoms with Crippen molar-refractivity contribution in [2.24, 2.45) is 13.0 Å². The van der Waals surface area contributed by atoms with Crippen LogP contribution >= 0.6 is 57.6 Å². The zero-order valence-corrected chi connectivity index (χ0v) is 25.1. The summed E-state index contributed by atoms with van der Waals surface area (Å²) in [6.45, 7) is 8.10. The van der Waals surface area contributed by atoms with E-state index in [4.69, 9.17) is 23.2 Å². The summed E-state index contributed by atoms with van der Waals surface area (Å²) >= 11 is 15.8. The lowest BCUT2D eigenvalue weighted by Crippen LogP contribution is -2.31. The van der Waals surface area contributed by atoms with Crippen molar-refractivity contribution in [3.05, 3.63) is 66.5 Å². The number of nitrogens with one attached hydrogen (secondary N) is 2. The van der Waals surface area contributed by atoms with Crippen LogP contribution in [-0.2, 0) is 11.8 Å². The first-order valence-corrected chi connectivity index (χ1v) is 14.1. The van der Waals surface area contributed by atoms with E-state index in [1.807, 2.05) is 37.6 Å². The van der Waals surface area contributed by atoms with E-state index in [-0.39, 0.29) is 34.5 Å². The number of aryl methyl sites for hydroxylation is 2. The summed E-state index contributed by atoms with van der Waals surface area (Å²) in [6.07, 6.45) is 0.652. The first kappa shape index (κ1) is 28.7. The van der Waals surface area contributed by atoms with E-state index in [1.54, 1.807) is 12.1 Å². The van der Waals surface area contributed by atoms with E-state index in [9.17, 15) is 9.59 Å². The fraction of sp³-hybridized carbons (Fsp3) is 0.360. The van der Waals surface area contributed by atoms with Gasteiger partial charge in [-0.15, -0.1) is 10.2 Å². The smallest absolute Gasteiger partial charge is 0.253 e. The monoisotopic (exact) mass is 659 g/mol. The van der Waals surface area contributed by atoms with E-state index in [1.165, 1.54) is 17.8 Å². The Morgan fingerprint density at radius 2 is 1.78 bits per heavy atom. The summed E-state index contributed by atoms with van der Waals surface area (Å²) in [5, 5.41) is 16.0. The van der Waals surface area contributed by atoms with Gasteiger partial charge >= 0.3 is 0 Å². The quantitative estimate of drug-likeness (QED) is 0.200. The summed E-state index contributed by atoms with van der Waals surface area (Å²) in [5.41, 5.74) is 3.21. The molecule has 1 heterocycles. The number of halogens is 3. The first-order valence-electron chi connectivity index (χ1n) is 11.3. The van der Waals surface area contributed by atoms with Crippen LogP contribution in [-0.4, -0.2) is 32.3 Å². The summed E-state index contributed by atoms with van der Waals surface area (Å²) in [7, 11) is 1.83. The lowest BCUT2D eigenvalue weighted by Gasteiger charge is -2.20. The topological polar surface area (TPSA) is 88.9 Å². The molecule has 3 rings (SSSR count). The molecule has 11 heteroatoms. The van der Waals surface area contributed by atoms with E-state index in [0.29, 0.717) is 28.0 Å². The Balaban J connectivity index is 1.72. The molecule has 0 radical (unpaired) electrons. The van der Waals surface area contributed by atoms with Crippen molar-refractivity contribution in [1.29, 1.82) is 0 Å². The summed E-state index contributed by atoms with van der Waals surface area (Å²) in [6, 6.07) is 8.44. The number of carbonyl (C=O) groups excluding carboxylic acids is 2. The Morgan fingerprint density at radius 3 is 2.39 bits per heavy atom. The maximum Gasteiger partial charge on any atom is 0.253 e. The van der Waals surface area contributed by atoms with Crippen LogP contribution in [0.15, 0.2) is 35.5 Å².